The molecule has 1 saturated heterocycles. The molecule has 0 bridgehead atoms. The third-order valence-electron chi connectivity index (χ3n) is 3.82. The van der Waals surface area contributed by atoms with Gasteiger partial charge in [0.15, 0.2) is 0 Å². The Kier molecular flexibility index (Phi) is 4.75. The third-order valence-corrected chi connectivity index (χ3v) is 3.82. The number of methoxy groups -OCH3 is 1. The quantitative estimate of drug-likeness (QED) is 0.808. The number of hydrogen-bond acceptors (Lipinski definition) is 3. The van der Waals surface area contributed by atoms with Gasteiger partial charge in [0.2, 0.25) is 0 Å². The molecule has 1 aliphatic heterocycles. The minimum absolute atomic E-state index is 0.317. The van der Waals surface area contributed by atoms with Crippen LogP contribution < -0.4 is 0 Å². The first-order valence-corrected chi connectivity index (χ1v) is 6.66. The molecule has 0 spiro atoms. The van der Waals surface area contributed by atoms with E-state index in [0.717, 1.165) is 19.6 Å². The van der Waals surface area contributed by atoms with E-state index in [1.807, 2.05) is 7.11 Å². The van der Waals surface area contributed by atoms with Gasteiger partial charge in [0.05, 0.1) is 6.10 Å². The van der Waals surface area contributed by atoms with Gasteiger partial charge in [0.25, 0.3) is 0 Å². The number of ether oxygens (including phenoxy) is 1. The lowest BCUT2D eigenvalue weighted by Crippen LogP contribution is -2.52. The molecule has 1 heterocycles. The van der Waals surface area contributed by atoms with Crippen molar-refractivity contribution in [1.82, 2.24) is 9.80 Å². The summed E-state index contributed by atoms with van der Waals surface area (Å²) in [7, 11) is 6.11. The Morgan fingerprint density at radius 2 is 2.00 bits per heavy atom. The van der Waals surface area contributed by atoms with Gasteiger partial charge < -0.3 is 9.64 Å². The molecule has 0 unspecified atom stereocenters. The highest BCUT2D eigenvalue weighted by Crippen LogP contribution is 2.19. The molecule has 1 aliphatic rings. The topological polar surface area (TPSA) is 15.7 Å². The Hall–Kier alpha value is -0.900. The van der Waals surface area contributed by atoms with E-state index in [-0.39, 0.29) is 0 Å². The fraction of sp³-hybridized carbons (Fsp3) is 0.600. The molecule has 0 radical (unpaired) electrons. The maximum absolute atomic E-state index is 5.65. The molecule has 1 fully saturated rings. The molecule has 1 aromatic carbocycles. The highest BCUT2D eigenvalue weighted by atomic mass is 16.5. The number of hydrogen-bond donors (Lipinski definition) is 0. The van der Waals surface area contributed by atoms with E-state index in [4.69, 9.17) is 4.74 Å². The second kappa shape index (κ2) is 6.32. The van der Waals surface area contributed by atoms with Gasteiger partial charge in [-0.1, -0.05) is 30.3 Å². The maximum Gasteiger partial charge on any atom is 0.0853 e. The summed E-state index contributed by atoms with van der Waals surface area (Å²) in [5.41, 5.74) is 1.38. The van der Waals surface area contributed by atoms with Crippen molar-refractivity contribution in [1.29, 1.82) is 0 Å². The molecule has 18 heavy (non-hydrogen) atoms. The Morgan fingerprint density at radius 3 is 2.61 bits per heavy atom. The zero-order valence-corrected chi connectivity index (χ0v) is 11.7. The molecular formula is C15H24N2O. The fourth-order valence-electron chi connectivity index (χ4n) is 2.78. The number of piperidine rings is 1. The molecular weight excluding hydrogens is 224 g/mol. The first-order valence-electron chi connectivity index (χ1n) is 6.66. The molecule has 1 aromatic rings. The average molecular weight is 248 g/mol. The van der Waals surface area contributed by atoms with Crippen LogP contribution in [0.4, 0.5) is 0 Å². The predicted molar refractivity (Wildman–Crippen MR) is 74.6 cm³/mol. The average Bonchev–Trinajstić information content (AvgIpc) is 2.39. The second-order valence-electron chi connectivity index (χ2n) is 5.31. The van der Waals surface area contributed by atoms with E-state index in [1.165, 1.54) is 12.0 Å². The van der Waals surface area contributed by atoms with Crippen LogP contribution in [0.3, 0.4) is 0 Å². The summed E-state index contributed by atoms with van der Waals surface area (Å²) in [5.74, 6) is 0. The molecule has 3 heteroatoms. The molecule has 100 valence electrons. The van der Waals surface area contributed by atoms with Crippen molar-refractivity contribution in [3.05, 3.63) is 35.9 Å². The van der Waals surface area contributed by atoms with Crippen LogP contribution in [0, 0.1) is 0 Å². The summed E-state index contributed by atoms with van der Waals surface area (Å²) in [6.07, 6.45) is 1.50. The fourth-order valence-corrected chi connectivity index (χ4v) is 2.78. The summed E-state index contributed by atoms with van der Waals surface area (Å²) >= 11 is 0. The smallest absolute Gasteiger partial charge is 0.0853 e. The van der Waals surface area contributed by atoms with Crippen LogP contribution in [0.15, 0.2) is 30.3 Å². The molecule has 2 atom stereocenters. The first-order chi connectivity index (χ1) is 8.70. The number of nitrogens with zero attached hydrogens (tertiary/aromatic N) is 2. The monoisotopic (exact) mass is 248 g/mol. The SMILES string of the molecule is CO[C@H]1CN(Cc2ccccc2)CC[C@H]1N(C)C. The Morgan fingerprint density at radius 1 is 1.28 bits per heavy atom. The zero-order valence-electron chi connectivity index (χ0n) is 11.7. The molecule has 3 nitrogen and oxygen atoms in total. The van der Waals surface area contributed by atoms with E-state index >= 15 is 0 Å². The minimum Gasteiger partial charge on any atom is -0.378 e. The highest BCUT2D eigenvalue weighted by Gasteiger charge is 2.30. The lowest BCUT2D eigenvalue weighted by atomic mass is 10.00. The Balaban J connectivity index is 1.93. The van der Waals surface area contributed by atoms with Crippen molar-refractivity contribution in [2.45, 2.75) is 25.1 Å². The largest absolute Gasteiger partial charge is 0.378 e. The van der Waals surface area contributed by atoms with E-state index in [0.29, 0.717) is 12.1 Å². The summed E-state index contributed by atoms with van der Waals surface area (Å²) in [6, 6.07) is 11.2. The van der Waals surface area contributed by atoms with Crippen LogP contribution in [-0.4, -0.2) is 56.2 Å². The van der Waals surface area contributed by atoms with Gasteiger partial charge in [-0.15, -0.1) is 0 Å². The summed E-state index contributed by atoms with van der Waals surface area (Å²) < 4.78 is 5.65. The molecule has 0 aliphatic carbocycles. The molecule has 0 saturated carbocycles. The van der Waals surface area contributed by atoms with Crippen molar-refractivity contribution in [3.63, 3.8) is 0 Å². The Labute approximate surface area is 110 Å². The van der Waals surface area contributed by atoms with Crippen molar-refractivity contribution in [3.8, 4) is 0 Å². The van der Waals surface area contributed by atoms with Gasteiger partial charge in [-0.2, -0.15) is 0 Å². The van der Waals surface area contributed by atoms with Crippen molar-refractivity contribution < 1.29 is 4.74 Å². The normalized spacial score (nSPS) is 25.6. The van der Waals surface area contributed by atoms with Crippen LogP contribution in [0.2, 0.25) is 0 Å². The first kappa shape index (κ1) is 13.5. The van der Waals surface area contributed by atoms with Gasteiger partial charge in [-0.3, -0.25) is 4.90 Å². The molecule has 0 amide bonds. The molecule has 0 aromatic heterocycles. The standard InChI is InChI=1S/C15H24N2O/c1-16(2)14-9-10-17(12-15(14)18-3)11-13-7-5-4-6-8-13/h4-8,14-15H,9-12H2,1-3H3/t14-,15+/m1/s1. The van der Waals surface area contributed by atoms with E-state index in [9.17, 15) is 0 Å². The Bertz CT molecular complexity index is 353. The van der Waals surface area contributed by atoms with E-state index in [1.54, 1.807) is 0 Å². The van der Waals surface area contributed by atoms with Gasteiger partial charge >= 0.3 is 0 Å². The van der Waals surface area contributed by atoms with Crippen LogP contribution in [0.5, 0.6) is 0 Å². The maximum atomic E-state index is 5.65. The lowest BCUT2D eigenvalue weighted by molar-refractivity contribution is -0.0264. The molecule has 0 N–H and O–H groups in total. The third kappa shape index (κ3) is 3.31. The van der Waals surface area contributed by atoms with Crippen molar-refractivity contribution in [2.24, 2.45) is 0 Å². The highest BCUT2D eigenvalue weighted by molar-refractivity contribution is 5.14. The van der Waals surface area contributed by atoms with E-state index < -0.39 is 0 Å². The van der Waals surface area contributed by atoms with Crippen LogP contribution in [-0.2, 0) is 11.3 Å². The summed E-state index contributed by atoms with van der Waals surface area (Å²) in [5, 5.41) is 0. The molecule has 2 rings (SSSR count). The van der Waals surface area contributed by atoms with Crippen molar-refractivity contribution in [2.75, 3.05) is 34.3 Å². The van der Waals surface area contributed by atoms with E-state index in [2.05, 4.69) is 54.2 Å². The number of likely N-dealkylation sites (N-methyl/N-ethyl adjacent to an activating group) is 1. The lowest BCUT2D eigenvalue weighted by Gasteiger charge is -2.40. The summed E-state index contributed by atoms with van der Waals surface area (Å²) in [6.45, 7) is 3.20. The van der Waals surface area contributed by atoms with Crippen molar-refractivity contribution >= 4 is 0 Å². The van der Waals surface area contributed by atoms with Gasteiger partial charge in [-0.25, -0.2) is 0 Å². The van der Waals surface area contributed by atoms with Crippen LogP contribution in [0.1, 0.15) is 12.0 Å². The van der Waals surface area contributed by atoms with Gasteiger partial charge in [-0.05, 0) is 26.1 Å². The number of likely N-dealkylation sites (tertiary alicyclic amines) is 1. The van der Waals surface area contributed by atoms with Crippen LogP contribution in [0.25, 0.3) is 0 Å². The number of rotatable bonds is 4. The minimum atomic E-state index is 0.317. The predicted octanol–water partition coefficient (Wildman–Crippen LogP) is 1.84. The van der Waals surface area contributed by atoms with Gasteiger partial charge in [0, 0.05) is 32.8 Å². The zero-order chi connectivity index (χ0) is 13.0. The van der Waals surface area contributed by atoms with Gasteiger partial charge in [0.1, 0.15) is 0 Å². The van der Waals surface area contributed by atoms with Crippen LogP contribution >= 0.6 is 0 Å². The second-order valence-corrected chi connectivity index (χ2v) is 5.31. The number of benzene rings is 1. The summed E-state index contributed by atoms with van der Waals surface area (Å²) in [4.78, 5) is 4.78.